The molecule has 0 bridgehead atoms. The number of benzene rings is 2. The van der Waals surface area contributed by atoms with E-state index < -0.39 is 0 Å². The van der Waals surface area contributed by atoms with Gasteiger partial charge >= 0.3 is 0 Å². The van der Waals surface area contributed by atoms with Crippen molar-refractivity contribution in [2.24, 2.45) is 5.92 Å². The third kappa shape index (κ3) is 2.36. The maximum atomic E-state index is 11.4. The zero-order chi connectivity index (χ0) is 16.0. The SMILES string of the molecule is O=[N+]([O-])c1cccc2c1N[C@H](c1cccc(Br)c1)[C@@H]1CC=C[C@H]21. The van der Waals surface area contributed by atoms with Crippen LogP contribution in [0.2, 0.25) is 0 Å². The Balaban J connectivity index is 1.85. The van der Waals surface area contributed by atoms with Crippen LogP contribution in [-0.2, 0) is 0 Å². The normalized spacial score (nSPS) is 24.7. The number of para-hydroxylation sites is 1. The number of halogens is 1. The number of anilines is 1. The van der Waals surface area contributed by atoms with E-state index in [1.54, 1.807) is 12.1 Å². The molecular weight excluding hydrogens is 356 g/mol. The average molecular weight is 371 g/mol. The molecule has 0 amide bonds. The Labute approximate surface area is 142 Å². The molecule has 2 aliphatic rings. The fourth-order valence-electron chi connectivity index (χ4n) is 3.79. The summed E-state index contributed by atoms with van der Waals surface area (Å²) in [6.45, 7) is 0. The Morgan fingerprint density at radius 2 is 2.04 bits per heavy atom. The molecule has 1 heterocycles. The van der Waals surface area contributed by atoms with Crippen molar-refractivity contribution in [2.45, 2.75) is 18.4 Å². The van der Waals surface area contributed by atoms with E-state index in [-0.39, 0.29) is 22.6 Å². The molecule has 5 heteroatoms. The van der Waals surface area contributed by atoms with Crippen LogP contribution in [0.15, 0.2) is 59.1 Å². The molecule has 4 rings (SSSR count). The number of nitrogens with zero attached hydrogens (tertiary/aromatic N) is 1. The van der Waals surface area contributed by atoms with Crippen LogP contribution in [0.5, 0.6) is 0 Å². The number of hydrogen-bond acceptors (Lipinski definition) is 3. The predicted octanol–water partition coefficient (Wildman–Crippen LogP) is 5.18. The number of nitrogens with one attached hydrogen (secondary N) is 1. The number of nitro benzene ring substituents is 1. The molecule has 2 aromatic rings. The van der Waals surface area contributed by atoms with Crippen LogP contribution in [0.4, 0.5) is 11.4 Å². The van der Waals surface area contributed by atoms with Crippen LogP contribution < -0.4 is 5.32 Å². The van der Waals surface area contributed by atoms with E-state index in [1.807, 2.05) is 18.2 Å². The molecule has 0 saturated carbocycles. The van der Waals surface area contributed by atoms with Crippen molar-refractivity contribution in [2.75, 3.05) is 5.32 Å². The molecule has 1 N–H and O–H groups in total. The van der Waals surface area contributed by atoms with Crippen molar-refractivity contribution in [3.05, 3.63) is 80.3 Å². The van der Waals surface area contributed by atoms with E-state index >= 15 is 0 Å². The molecule has 3 atom stereocenters. The minimum atomic E-state index is -0.303. The standard InChI is InChI=1S/C18H15BrN2O2/c19-12-5-1-4-11(10-12)17-14-7-2-6-13(14)15-8-3-9-16(21(22)23)18(15)20-17/h1-6,8-10,13-14,17,20H,7H2/t13-,14+,17+/m0/s1. The van der Waals surface area contributed by atoms with Gasteiger partial charge in [-0.25, -0.2) is 0 Å². The molecule has 2 aromatic carbocycles. The lowest BCUT2D eigenvalue weighted by Gasteiger charge is -2.37. The largest absolute Gasteiger partial charge is 0.372 e. The van der Waals surface area contributed by atoms with Gasteiger partial charge < -0.3 is 5.32 Å². The third-order valence-corrected chi connectivity index (χ3v) is 5.27. The van der Waals surface area contributed by atoms with Gasteiger partial charge in [0.25, 0.3) is 5.69 Å². The number of fused-ring (bicyclic) bond motifs is 3. The quantitative estimate of drug-likeness (QED) is 0.449. The minimum absolute atomic E-state index is 0.0705. The van der Waals surface area contributed by atoms with E-state index in [0.29, 0.717) is 11.6 Å². The smallest absolute Gasteiger partial charge is 0.292 e. The summed E-state index contributed by atoms with van der Waals surface area (Å²) in [6, 6.07) is 13.6. The maximum absolute atomic E-state index is 11.4. The third-order valence-electron chi connectivity index (χ3n) is 4.78. The molecular formula is C18H15BrN2O2. The average Bonchev–Trinajstić information content (AvgIpc) is 3.03. The summed E-state index contributed by atoms with van der Waals surface area (Å²) in [5.41, 5.74) is 3.00. The zero-order valence-electron chi connectivity index (χ0n) is 12.3. The summed E-state index contributed by atoms with van der Waals surface area (Å²) in [6.07, 6.45) is 5.37. The molecule has 1 aliphatic carbocycles. The molecule has 4 nitrogen and oxygen atoms in total. The van der Waals surface area contributed by atoms with Gasteiger partial charge in [0.2, 0.25) is 0 Å². The van der Waals surface area contributed by atoms with Crippen molar-refractivity contribution in [3.63, 3.8) is 0 Å². The summed E-state index contributed by atoms with van der Waals surface area (Å²) in [5.74, 6) is 0.619. The van der Waals surface area contributed by atoms with Gasteiger partial charge in [-0.2, -0.15) is 0 Å². The van der Waals surface area contributed by atoms with Crippen molar-refractivity contribution in [1.82, 2.24) is 0 Å². The summed E-state index contributed by atoms with van der Waals surface area (Å²) in [5, 5.41) is 14.9. The highest BCUT2D eigenvalue weighted by atomic mass is 79.9. The van der Waals surface area contributed by atoms with Crippen LogP contribution in [0.1, 0.15) is 29.5 Å². The molecule has 0 aromatic heterocycles. The highest BCUT2D eigenvalue weighted by molar-refractivity contribution is 9.10. The van der Waals surface area contributed by atoms with Gasteiger partial charge in [0.05, 0.1) is 11.0 Å². The van der Waals surface area contributed by atoms with Gasteiger partial charge in [0, 0.05) is 16.5 Å². The van der Waals surface area contributed by atoms with Crippen molar-refractivity contribution >= 4 is 27.3 Å². The Bertz CT molecular complexity index is 818. The number of rotatable bonds is 2. The van der Waals surface area contributed by atoms with E-state index in [4.69, 9.17) is 0 Å². The second-order valence-corrected chi connectivity index (χ2v) is 6.94. The van der Waals surface area contributed by atoms with Crippen molar-refractivity contribution in [1.29, 1.82) is 0 Å². The van der Waals surface area contributed by atoms with E-state index in [1.165, 1.54) is 0 Å². The molecule has 0 spiro atoms. The van der Waals surface area contributed by atoms with Crippen LogP contribution >= 0.6 is 15.9 Å². The van der Waals surface area contributed by atoms with Gasteiger partial charge in [-0.15, -0.1) is 0 Å². The molecule has 0 saturated heterocycles. The molecule has 23 heavy (non-hydrogen) atoms. The fourth-order valence-corrected chi connectivity index (χ4v) is 4.20. The van der Waals surface area contributed by atoms with Gasteiger partial charge in [-0.3, -0.25) is 10.1 Å². The number of nitro groups is 1. The molecule has 116 valence electrons. The highest BCUT2D eigenvalue weighted by Gasteiger charge is 2.40. The first-order chi connectivity index (χ1) is 11.1. The van der Waals surface area contributed by atoms with Gasteiger partial charge in [0.1, 0.15) is 5.69 Å². The Morgan fingerprint density at radius 1 is 1.22 bits per heavy atom. The van der Waals surface area contributed by atoms with Crippen molar-refractivity contribution < 1.29 is 4.92 Å². The first-order valence-electron chi connectivity index (χ1n) is 7.61. The van der Waals surface area contributed by atoms with Crippen molar-refractivity contribution in [3.8, 4) is 0 Å². The van der Waals surface area contributed by atoms with Crippen LogP contribution in [0.3, 0.4) is 0 Å². The fraction of sp³-hybridized carbons (Fsp3) is 0.222. The van der Waals surface area contributed by atoms with Crippen LogP contribution in [0, 0.1) is 16.0 Å². The maximum Gasteiger partial charge on any atom is 0.292 e. The highest BCUT2D eigenvalue weighted by Crippen LogP contribution is 2.52. The Kier molecular flexibility index (Phi) is 3.45. The van der Waals surface area contributed by atoms with Gasteiger partial charge in [0.15, 0.2) is 0 Å². The minimum Gasteiger partial charge on any atom is -0.372 e. The number of hydrogen-bond donors (Lipinski definition) is 1. The zero-order valence-corrected chi connectivity index (χ0v) is 13.9. The monoisotopic (exact) mass is 370 g/mol. The Morgan fingerprint density at radius 3 is 2.83 bits per heavy atom. The summed E-state index contributed by atoms with van der Waals surface area (Å²) < 4.78 is 1.02. The van der Waals surface area contributed by atoms with Crippen LogP contribution in [-0.4, -0.2) is 4.92 Å². The second kappa shape index (κ2) is 5.49. The molecule has 0 unspecified atom stereocenters. The molecule has 1 aliphatic heterocycles. The van der Waals surface area contributed by atoms with E-state index in [2.05, 4.69) is 45.5 Å². The summed E-state index contributed by atoms with van der Waals surface area (Å²) >= 11 is 3.52. The lowest BCUT2D eigenvalue weighted by molar-refractivity contribution is -0.384. The molecule has 0 fully saturated rings. The van der Waals surface area contributed by atoms with E-state index in [0.717, 1.165) is 22.0 Å². The topological polar surface area (TPSA) is 55.2 Å². The van der Waals surface area contributed by atoms with Gasteiger partial charge in [-0.05, 0) is 35.6 Å². The lowest BCUT2D eigenvalue weighted by atomic mass is 9.77. The summed E-state index contributed by atoms with van der Waals surface area (Å²) in [4.78, 5) is 11.1. The predicted molar refractivity (Wildman–Crippen MR) is 93.6 cm³/mol. The van der Waals surface area contributed by atoms with Gasteiger partial charge in [-0.1, -0.05) is 52.3 Å². The molecule has 0 radical (unpaired) electrons. The first-order valence-corrected chi connectivity index (χ1v) is 8.40. The second-order valence-electron chi connectivity index (χ2n) is 6.03. The summed E-state index contributed by atoms with van der Waals surface area (Å²) in [7, 11) is 0. The lowest BCUT2D eigenvalue weighted by Crippen LogP contribution is -2.29. The Hall–Kier alpha value is -2.14. The van der Waals surface area contributed by atoms with E-state index in [9.17, 15) is 10.1 Å². The van der Waals surface area contributed by atoms with Crippen LogP contribution in [0.25, 0.3) is 0 Å². The first kappa shape index (κ1) is 14.5. The number of allylic oxidation sites excluding steroid dienone is 2.